The Balaban J connectivity index is 1.85. The molecule has 1 saturated heterocycles. The van der Waals surface area contributed by atoms with Crippen molar-refractivity contribution in [1.29, 1.82) is 0 Å². The van der Waals surface area contributed by atoms with Gasteiger partial charge < -0.3 is 4.90 Å². The van der Waals surface area contributed by atoms with Gasteiger partial charge in [0, 0.05) is 32.7 Å². The number of nitrogens with zero attached hydrogens (tertiary/aromatic N) is 2. The highest BCUT2D eigenvalue weighted by Crippen LogP contribution is 2.31. The number of sulfonamides is 1. The van der Waals surface area contributed by atoms with Crippen LogP contribution in [0.1, 0.15) is 26.7 Å². The van der Waals surface area contributed by atoms with Gasteiger partial charge in [-0.1, -0.05) is 13.8 Å². The monoisotopic (exact) mass is 246 g/mol. The lowest BCUT2D eigenvalue weighted by Crippen LogP contribution is -2.50. The van der Waals surface area contributed by atoms with Crippen LogP contribution in [0.5, 0.6) is 0 Å². The van der Waals surface area contributed by atoms with Crippen LogP contribution in [0.25, 0.3) is 0 Å². The van der Waals surface area contributed by atoms with Crippen molar-refractivity contribution in [2.24, 2.45) is 5.92 Å². The molecule has 0 atom stereocenters. The summed E-state index contributed by atoms with van der Waals surface area (Å²) in [6.45, 7) is 8.64. The standard InChI is InChI=1S/C11H22N2O2S/c1-10(2)9-12-5-7-13(8-6-12)16(14,15)11-3-4-11/h10-11H,3-9H2,1-2H3. The van der Waals surface area contributed by atoms with Crippen molar-refractivity contribution in [3.05, 3.63) is 0 Å². The topological polar surface area (TPSA) is 40.6 Å². The third-order valence-electron chi connectivity index (χ3n) is 3.26. The Labute approximate surface area is 98.7 Å². The van der Waals surface area contributed by atoms with Crippen LogP contribution in [0, 0.1) is 5.92 Å². The first-order valence-corrected chi connectivity index (χ1v) is 7.72. The van der Waals surface area contributed by atoms with E-state index in [-0.39, 0.29) is 5.25 Å². The van der Waals surface area contributed by atoms with E-state index < -0.39 is 10.0 Å². The number of rotatable bonds is 4. The van der Waals surface area contributed by atoms with E-state index >= 15 is 0 Å². The quantitative estimate of drug-likeness (QED) is 0.735. The number of hydrogen-bond acceptors (Lipinski definition) is 3. The minimum absolute atomic E-state index is 0.0517. The molecule has 4 nitrogen and oxygen atoms in total. The minimum atomic E-state index is -2.93. The fourth-order valence-corrected chi connectivity index (χ4v) is 4.09. The lowest BCUT2D eigenvalue weighted by Gasteiger charge is -2.34. The van der Waals surface area contributed by atoms with Crippen molar-refractivity contribution in [3.63, 3.8) is 0 Å². The van der Waals surface area contributed by atoms with Gasteiger partial charge in [-0.2, -0.15) is 4.31 Å². The molecule has 0 amide bonds. The second kappa shape index (κ2) is 4.63. The molecule has 0 aromatic carbocycles. The van der Waals surface area contributed by atoms with Gasteiger partial charge in [-0.25, -0.2) is 8.42 Å². The van der Waals surface area contributed by atoms with E-state index in [1.807, 2.05) is 0 Å². The first kappa shape index (κ1) is 12.3. The van der Waals surface area contributed by atoms with Gasteiger partial charge in [0.1, 0.15) is 0 Å². The Morgan fingerprint density at radius 2 is 1.69 bits per heavy atom. The Hall–Kier alpha value is -0.130. The first-order chi connectivity index (χ1) is 7.50. The van der Waals surface area contributed by atoms with E-state index in [0.29, 0.717) is 19.0 Å². The molecule has 1 heterocycles. The van der Waals surface area contributed by atoms with E-state index in [9.17, 15) is 8.42 Å². The summed E-state index contributed by atoms with van der Waals surface area (Å²) in [6, 6.07) is 0. The lowest BCUT2D eigenvalue weighted by atomic mass is 10.2. The van der Waals surface area contributed by atoms with Crippen LogP contribution >= 0.6 is 0 Å². The third-order valence-corrected chi connectivity index (χ3v) is 5.66. The zero-order chi connectivity index (χ0) is 11.8. The predicted molar refractivity (Wildman–Crippen MR) is 64.8 cm³/mol. The van der Waals surface area contributed by atoms with Crippen molar-refractivity contribution in [1.82, 2.24) is 9.21 Å². The summed E-state index contributed by atoms with van der Waals surface area (Å²) < 4.78 is 25.7. The van der Waals surface area contributed by atoms with Gasteiger partial charge in [0.2, 0.25) is 10.0 Å². The Morgan fingerprint density at radius 3 is 2.12 bits per heavy atom. The first-order valence-electron chi connectivity index (χ1n) is 6.21. The summed E-state index contributed by atoms with van der Waals surface area (Å²) in [4.78, 5) is 2.36. The predicted octanol–water partition coefficient (Wildman–Crippen LogP) is 0.752. The lowest BCUT2D eigenvalue weighted by molar-refractivity contribution is 0.172. The number of piperazine rings is 1. The normalized spacial score (nSPS) is 25.2. The summed E-state index contributed by atoms with van der Waals surface area (Å²) >= 11 is 0. The second-order valence-corrected chi connectivity index (χ2v) is 7.55. The average Bonchev–Trinajstić information content (AvgIpc) is 3.00. The van der Waals surface area contributed by atoms with Gasteiger partial charge in [0.25, 0.3) is 0 Å². The molecule has 2 fully saturated rings. The van der Waals surface area contributed by atoms with E-state index in [4.69, 9.17) is 0 Å². The zero-order valence-corrected chi connectivity index (χ0v) is 11.0. The van der Waals surface area contributed by atoms with Gasteiger partial charge >= 0.3 is 0 Å². The molecule has 94 valence electrons. The van der Waals surface area contributed by atoms with Crippen molar-refractivity contribution in [2.75, 3.05) is 32.7 Å². The SMILES string of the molecule is CC(C)CN1CCN(S(=O)(=O)C2CC2)CC1. The largest absolute Gasteiger partial charge is 0.300 e. The highest BCUT2D eigenvalue weighted by molar-refractivity contribution is 7.90. The summed E-state index contributed by atoms with van der Waals surface area (Å²) in [5.74, 6) is 0.659. The molecule has 0 spiro atoms. The molecule has 0 aromatic rings. The van der Waals surface area contributed by atoms with Crippen molar-refractivity contribution < 1.29 is 8.42 Å². The molecular weight excluding hydrogens is 224 g/mol. The van der Waals surface area contributed by atoms with E-state index in [0.717, 1.165) is 32.5 Å². The second-order valence-electron chi connectivity index (χ2n) is 5.34. The van der Waals surface area contributed by atoms with Crippen LogP contribution in [0.3, 0.4) is 0 Å². The van der Waals surface area contributed by atoms with Gasteiger partial charge in [0.15, 0.2) is 0 Å². The molecule has 0 N–H and O–H groups in total. The van der Waals surface area contributed by atoms with Gasteiger partial charge in [-0.3, -0.25) is 0 Å². The minimum Gasteiger partial charge on any atom is -0.300 e. The maximum atomic E-state index is 12.0. The van der Waals surface area contributed by atoms with Gasteiger partial charge in [-0.15, -0.1) is 0 Å². The fraction of sp³-hybridized carbons (Fsp3) is 1.00. The summed E-state index contributed by atoms with van der Waals surface area (Å²) in [7, 11) is -2.93. The number of hydrogen-bond donors (Lipinski definition) is 0. The zero-order valence-electron chi connectivity index (χ0n) is 10.2. The smallest absolute Gasteiger partial charge is 0.217 e. The summed E-state index contributed by atoms with van der Waals surface area (Å²) in [5.41, 5.74) is 0. The maximum Gasteiger partial charge on any atom is 0.217 e. The van der Waals surface area contributed by atoms with Crippen LogP contribution < -0.4 is 0 Å². The molecule has 1 saturated carbocycles. The summed E-state index contributed by atoms with van der Waals surface area (Å²) in [6.07, 6.45) is 1.74. The highest BCUT2D eigenvalue weighted by atomic mass is 32.2. The molecule has 0 unspecified atom stereocenters. The van der Waals surface area contributed by atoms with Crippen LogP contribution in [0.15, 0.2) is 0 Å². The molecule has 16 heavy (non-hydrogen) atoms. The van der Waals surface area contributed by atoms with E-state index in [1.165, 1.54) is 0 Å². The van der Waals surface area contributed by atoms with Crippen LogP contribution in [0.2, 0.25) is 0 Å². The maximum absolute atomic E-state index is 12.0. The molecule has 5 heteroatoms. The molecule has 0 bridgehead atoms. The van der Waals surface area contributed by atoms with Crippen molar-refractivity contribution in [2.45, 2.75) is 31.9 Å². The molecule has 0 aromatic heterocycles. The fourth-order valence-electron chi connectivity index (χ4n) is 2.26. The average molecular weight is 246 g/mol. The Bertz CT molecular complexity index is 328. The van der Waals surface area contributed by atoms with Gasteiger partial charge in [-0.05, 0) is 18.8 Å². The molecule has 1 aliphatic heterocycles. The van der Waals surface area contributed by atoms with Crippen LogP contribution in [-0.2, 0) is 10.0 Å². The Morgan fingerprint density at radius 1 is 1.12 bits per heavy atom. The molecular formula is C11H22N2O2S. The van der Waals surface area contributed by atoms with Crippen LogP contribution in [-0.4, -0.2) is 55.6 Å². The summed E-state index contributed by atoms with van der Waals surface area (Å²) in [5, 5.41) is -0.0517. The molecule has 2 aliphatic rings. The van der Waals surface area contributed by atoms with Crippen molar-refractivity contribution >= 4 is 10.0 Å². The molecule has 0 radical (unpaired) electrons. The van der Waals surface area contributed by atoms with Gasteiger partial charge in [0.05, 0.1) is 5.25 Å². The van der Waals surface area contributed by atoms with E-state index in [1.54, 1.807) is 4.31 Å². The molecule has 2 rings (SSSR count). The van der Waals surface area contributed by atoms with Crippen molar-refractivity contribution in [3.8, 4) is 0 Å². The highest BCUT2D eigenvalue weighted by Gasteiger charge is 2.40. The molecule has 1 aliphatic carbocycles. The third kappa shape index (κ3) is 2.76. The van der Waals surface area contributed by atoms with E-state index in [2.05, 4.69) is 18.7 Å². The van der Waals surface area contributed by atoms with Crippen LogP contribution in [0.4, 0.5) is 0 Å². The Kier molecular flexibility index (Phi) is 3.56.